The molecule has 1 aliphatic carbocycles. The first kappa shape index (κ1) is 21.8. The first-order chi connectivity index (χ1) is 15.5. The zero-order valence-electron chi connectivity index (χ0n) is 17.3. The zero-order chi connectivity index (χ0) is 22.7. The Labute approximate surface area is 190 Å². The number of hydrogen-bond acceptors (Lipinski definition) is 4. The van der Waals surface area contributed by atoms with Gasteiger partial charge in [-0.05, 0) is 39.9 Å². The van der Waals surface area contributed by atoms with Crippen molar-refractivity contribution in [3.05, 3.63) is 94.3 Å². The van der Waals surface area contributed by atoms with Crippen LogP contribution in [0.3, 0.4) is 0 Å². The Morgan fingerprint density at radius 2 is 1.66 bits per heavy atom. The molecule has 1 aliphatic rings. The molecule has 0 spiro atoms. The monoisotopic (exact) mass is 453 g/mol. The van der Waals surface area contributed by atoms with Crippen molar-refractivity contribution in [3.63, 3.8) is 0 Å². The molecule has 0 bridgehead atoms. The fourth-order valence-corrected chi connectivity index (χ4v) is 4.22. The Bertz CT molecular complexity index is 1120. The number of hydrogen-bond donors (Lipinski definition) is 1. The fourth-order valence-electron chi connectivity index (χ4n) is 4.02. The highest BCUT2D eigenvalue weighted by atomic mass is 35.5. The van der Waals surface area contributed by atoms with Gasteiger partial charge in [-0.2, -0.15) is 0 Å². The summed E-state index contributed by atoms with van der Waals surface area (Å²) in [6.45, 7) is 0.121. The van der Waals surface area contributed by atoms with Crippen molar-refractivity contribution in [1.82, 2.24) is 5.32 Å². The van der Waals surface area contributed by atoms with Crippen LogP contribution >= 0.6 is 11.6 Å². The maximum absolute atomic E-state index is 13.4. The molecule has 0 radical (unpaired) electrons. The number of nitrogens with one attached hydrogen (secondary N) is 1. The summed E-state index contributed by atoms with van der Waals surface area (Å²) in [4.78, 5) is 24.7. The summed E-state index contributed by atoms with van der Waals surface area (Å²) >= 11 is 5.82. The molecule has 7 heteroatoms. The molecular formula is C25H21ClFNO4. The molecule has 0 saturated carbocycles. The molecule has 3 aromatic rings. The molecular weight excluding hydrogens is 433 g/mol. The highest BCUT2D eigenvalue weighted by molar-refractivity contribution is 6.30. The lowest BCUT2D eigenvalue weighted by Gasteiger charge is -2.18. The van der Waals surface area contributed by atoms with E-state index in [4.69, 9.17) is 21.1 Å². The van der Waals surface area contributed by atoms with Crippen LogP contribution in [0.25, 0.3) is 11.1 Å². The van der Waals surface area contributed by atoms with Gasteiger partial charge in [0.1, 0.15) is 18.5 Å². The van der Waals surface area contributed by atoms with E-state index in [9.17, 15) is 14.0 Å². The Morgan fingerprint density at radius 1 is 1.03 bits per heavy atom. The molecule has 0 aromatic heterocycles. The van der Waals surface area contributed by atoms with Gasteiger partial charge < -0.3 is 14.8 Å². The van der Waals surface area contributed by atoms with E-state index < -0.39 is 23.9 Å². The number of rotatable bonds is 6. The number of esters is 1. The number of halogens is 2. The van der Waals surface area contributed by atoms with Crippen molar-refractivity contribution in [2.75, 3.05) is 13.7 Å². The molecule has 0 aliphatic heterocycles. The summed E-state index contributed by atoms with van der Waals surface area (Å²) in [5, 5.41) is 2.49. The van der Waals surface area contributed by atoms with E-state index in [0.29, 0.717) is 5.56 Å². The minimum atomic E-state index is -1.00. The van der Waals surface area contributed by atoms with Crippen LogP contribution in [-0.2, 0) is 20.7 Å². The van der Waals surface area contributed by atoms with E-state index >= 15 is 0 Å². The average Bonchev–Trinajstić information content (AvgIpc) is 3.13. The normalized spacial score (nSPS) is 13.1. The largest absolute Gasteiger partial charge is 0.467 e. The van der Waals surface area contributed by atoms with Crippen molar-refractivity contribution < 1.29 is 23.5 Å². The van der Waals surface area contributed by atoms with Crippen molar-refractivity contribution >= 4 is 23.7 Å². The number of ether oxygens (including phenoxy) is 2. The predicted molar refractivity (Wildman–Crippen MR) is 119 cm³/mol. The van der Waals surface area contributed by atoms with E-state index in [1.54, 1.807) is 0 Å². The third-order valence-electron chi connectivity index (χ3n) is 5.55. The average molecular weight is 454 g/mol. The minimum absolute atomic E-state index is 0.0627. The van der Waals surface area contributed by atoms with Crippen molar-refractivity contribution in [1.29, 1.82) is 0 Å². The van der Waals surface area contributed by atoms with Crippen LogP contribution in [0.2, 0.25) is 5.02 Å². The number of alkyl carbamates (subject to hydrolysis) is 1. The lowest BCUT2D eigenvalue weighted by atomic mass is 9.98. The van der Waals surface area contributed by atoms with E-state index in [2.05, 4.69) is 17.4 Å². The van der Waals surface area contributed by atoms with E-state index in [-0.39, 0.29) is 24.0 Å². The predicted octanol–water partition coefficient (Wildman–Crippen LogP) is 5.10. The Kier molecular flexibility index (Phi) is 6.42. The molecule has 4 rings (SSSR count). The van der Waals surface area contributed by atoms with E-state index in [1.165, 1.54) is 25.3 Å². The maximum Gasteiger partial charge on any atom is 0.407 e. The topological polar surface area (TPSA) is 64.6 Å². The van der Waals surface area contributed by atoms with Gasteiger partial charge in [0.15, 0.2) is 0 Å². The van der Waals surface area contributed by atoms with Crippen LogP contribution in [0.5, 0.6) is 0 Å². The highest BCUT2D eigenvalue weighted by Gasteiger charge is 2.30. The Hall–Kier alpha value is -3.38. The van der Waals surface area contributed by atoms with Crippen LogP contribution in [0.4, 0.5) is 9.18 Å². The number of fused-ring (bicyclic) bond motifs is 3. The number of amides is 1. The molecule has 0 heterocycles. The Morgan fingerprint density at radius 3 is 2.25 bits per heavy atom. The molecule has 32 heavy (non-hydrogen) atoms. The van der Waals surface area contributed by atoms with Crippen LogP contribution in [0.1, 0.15) is 22.6 Å². The lowest BCUT2D eigenvalue weighted by molar-refractivity contribution is -0.143. The van der Waals surface area contributed by atoms with E-state index in [1.807, 2.05) is 36.4 Å². The number of carbonyl (C=O) groups excluding carboxylic acids is 2. The molecule has 164 valence electrons. The van der Waals surface area contributed by atoms with Gasteiger partial charge >= 0.3 is 12.1 Å². The molecule has 0 saturated heterocycles. The van der Waals surface area contributed by atoms with Gasteiger partial charge in [0.25, 0.3) is 0 Å². The van der Waals surface area contributed by atoms with Gasteiger partial charge in [0.2, 0.25) is 0 Å². The van der Waals surface area contributed by atoms with Gasteiger partial charge in [-0.1, -0.05) is 66.2 Å². The fraction of sp³-hybridized carbons (Fsp3) is 0.200. The molecule has 1 N–H and O–H groups in total. The van der Waals surface area contributed by atoms with Gasteiger partial charge in [-0.25, -0.2) is 14.0 Å². The minimum Gasteiger partial charge on any atom is -0.467 e. The van der Waals surface area contributed by atoms with Crippen LogP contribution in [0, 0.1) is 5.82 Å². The quantitative estimate of drug-likeness (QED) is 0.527. The van der Waals surface area contributed by atoms with E-state index in [0.717, 1.165) is 22.3 Å². The third-order valence-corrected chi connectivity index (χ3v) is 5.83. The second-order valence-electron chi connectivity index (χ2n) is 7.50. The SMILES string of the molecule is COC(=O)C(Cc1ccc(F)c(Cl)c1)NC(=O)OCC1c2ccccc2-c2ccccc21. The van der Waals surface area contributed by atoms with Gasteiger partial charge in [-0.3, -0.25) is 0 Å². The Balaban J connectivity index is 1.45. The summed E-state index contributed by atoms with van der Waals surface area (Å²) < 4.78 is 23.7. The van der Waals surface area contributed by atoms with Crippen LogP contribution in [0.15, 0.2) is 66.7 Å². The van der Waals surface area contributed by atoms with Gasteiger partial charge in [-0.15, -0.1) is 0 Å². The summed E-state index contributed by atoms with van der Waals surface area (Å²) in [6, 6.07) is 19.1. The first-order valence-electron chi connectivity index (χ1n) is 10.1. The van der Waals surface area contributed by atoms with Gasteiger partial charge in [0, 0.05) is 12.3 Å². The number of methoxy groups -OCH3 is 1. The second-order valence-corrected chi connectivity index (χ2v) is 7.91. The van der Waals surface area contributed by atoms with Crippen molar-refractivity contribution in [3.8, 4) is 11.1 Å². The summed E-state index contributed by atoms with van der Waals surface area (Å²) in [5.74, 6) is -1.30. The molecule has 0 fully saturated rings. The first-order valence-corrected chi connectivity index (χ1v) is 10.5. The third kappa shape index (κ3) is 4.46. The van der Waals surface area contributed by atoms with Gasteiger partial charge in [0.05, 0.1) is 12.1 Å². The van der Waals surface area contributed by atoms with Crippen molar-refractivity contribution in [2.24, 2.45) is 0 Å². The molecule has 1 amide bonds. The maximum atomic E-state index is 13.4. The standard InChI is InChI=1S/C25H21ClFNO4/c1-31-24(29)23(13-15-10-11-22(27)21(26)12-15)28-25(30)32-14-20-18-8-4-2-6-16(18)17-7-3-5-9-19(17)20/h2-12,20,23H,13-14H2,1H3,(H,28,30). The molecule has 1 atom stereocenters. The summed E-state index contributed by atoms with van der Waals surface area (Å²) in [6.07, 6.45) is -0.660. The number of carbonyl (C=O) groups is 2. The smallest absolute Gasteiger partial charge is 0.407 e. The highest BCUT2D eigenvalue weighted by Crippen LogP contribution is 2.44. The van der Waals surface area contributed by atoms with Crippen LogP contribution in [-0.4, -0.2) is 31.8 Å². The summed E-state index contributed by atoms with van der Waals surface area (Å²) in [7, 11) is 1.23. The van der Waals surface area contributed by atoms with Crippen LogP contribution < -0.4 is 5.32 Å². The zero-order valence-corrected chi connectivity index (χ0v) is 18.1. The lowest BCUT2D eigenvalue weighted by Crippen LogP contribution is -2.43. The molecule has 5 nitrogen and oxygen atoms in total. The molecule has 3 aromatic carbocycles. The van der Waals surface area contributed by atoms with Crippen molar-refractivity contribution in [2.45, 2.75) is 18.4 Å². The second kappa shape index (κ2) is 9.40. The number of benzene rings is 3. The molecule has 1 unspecified atom stereocenters. The summed E-state index contributed by atoms with van der Waals surface area (Å²) in [5.41, 5.74) is 5.00.